The lowest BCUT2D eigenvalue weighted by Crippen LogP contribution is -2.31. The Morgan fingerprint density at radius 2 is 2.16 bits per heavy atom. The molecule has 1 aliphatic heterocycles. The lowest BCUT2D eigenvalue weighted by Gasteiger charge is -2.26. The van der Waals surface area contributed by atoms with Crippen LogP contribution in [-0.4, -0.2) is 46.0 Å². The summed E-state index contributed by atoms with van der Waals surface area (Å²) in [5.41, 5.74) is 1.18. The van der Waals surface area contributed by atoms with E-state index in [-0.39, 0.29) is 11.9 Å². The minimum atomic E-state index is 0.169. The second kappa shape index (κ2) is 7.68. The highest BCUT2D eigenvalue weighted by molar-refractivity contribution is 5.77. The van der Waals surface area contributed by atoms with Gasteiger partial charge in [0, 0.05) is 58.6 Å². The summed E-state index contributed by atoms with van der Waals surface area (Å²) >= 11 is 0. The largest absolute Gasteiger partial charge is 0.363 e. The van der Waals surface area contributed by atoms with E-state index < -0.39 is 0 Å². The van der Waals surface area contributed by atoms with Crippen LogP contribution >= 0.6 is 0 Å². The maximum atomic E-state index is 12.8. The first-order chi connectivity index (χ1) is 12.1. The SMILES string of the molecule is CCc1nccn1CCC(=O)N1CCC[C@@H]1c1ccnc(N(C)C)c1. The predicted octanol–water partition coefficient (Wildman–Crippen LogP) is 2.66. The van der Waals surface area contributed by atoms with Gasteiger partial charge in [0.25, 0.3) is 0 Å². The van der Waals surface area contributed by atoms with Crippen molar-refractivity contribution in [1.29, 1.82) is 0 Å². The molecule has 0 spiro atoms. The van der Waals surface area contributed by atoms with Crippen molar-refractivity contribution >= 4 is 11.7 Å². The van der Waals surface area contributed by atoms with Crippen LogP contribution < -0.4 is 4.90 Å². The Morgan fingerprint density at radius 1 is 1.32 bits per heavy atom. The molecule has 6 nitrogen and oxygen atoms in total. The number of anilines is 1. The van der Waals surface area contributed by atoms with E-state index in [0.29, 0.717) is 13.0 Å². The minimum absolute atomic E-state index is 0.169. The fourth-order valence-corrected chi connectivity index (χ4v) is 3.52. The smallest absolute Gasteiger partial charge is 0.224 e. The van der Waals surface area contributed by atoms with Crippen LogP contribution in [0.25, 0.3) is 0 Å². The Morgan fingerprint density at radius 3 is 2.92 bits per heavy atom. The zero-order valence-corrected chi connectivity index (χ0v) is 15.4. The summed E-state index contributed by atoms with van der Waals surface area (Å²) in [6, 6.07) is 4.30. The number of carbonyl (C=O) groups is 1. The van der Waals surface area contributed by atoms with Crippen LogP contribution in [0.15, 0.2) is 30.7 Å². The quantitative estimate of drug-likeness (QED) is 0.810. The maximum absolute atomic E-state index is 12.8. The third kappa shape index (κ3) is 3.83. The van der Waals surface area contributed by atoms with Crippen molar-refractivity contribution in [2.24, 2.45) is 0 Å². The van der Waals surface area contributed by atoms with E-state index in [0.717, 1.165) is 37.4 Å². The Hall–Kier alpha value is -2.37. The number of hydrogen-bond acceptors (Lipinski definition) is 4. The van der Waals surface area contributed by atoms with Crippen LogP contribution in [0.4, 0.5) is 5.82 Å². The summed E-state index contributed by atoms with van der Waals surface area (Å²) in [7, 11) is 3.97. The Kier molecular flexibility index (Phi) is 5.36. The van der Waals surface area contributed by atoms with Gasteiger partial charge in [-0.15, -0.1) is 0 Å². The molecule has 1 fully saturated rings. The van der Waals surface area contributed by atoms with Crippen molar-refractivity contribution in [2.75, 3.05) is 25.5 Å². The number of amides is 1. The van der Waals surface area contributed by atoms with Gasteiger partial charge in [0.1, 0.15) is 11.6 Å². The molecule has 0 radical (unpaired) electrons. The van der Waals surface area contributed by atoms with Gasteiger partial charge in [-0.25, -0.2) is 9.97 Å². The number of likely N-dealkylation sites (tertiary alicyclic amines) is 1. The first-order valence-corrected chi connectivity index (χ1v) is 9.03. The van der Waals surface area contributed by atoms with Crippen LogP contribution in [-0.2, 0) is 17.8 Å². The van der Waals surface area contributed by atoms with Crippen molar-refractivity contribution in [3.63, 3.8) is 0 Å². The summed E-state index contributed by atoms with van der Waals surface area (Å²) in [5, 5.41) is 0. The lowest BCUT2D eigenvalue weighted by atomic mass is 10.1. The normalized spacial score (nSPS) is 17.1. The molecule has 0 aromatic carbocycles. The van der Waals surface area contributed by atoms with Gasteiger partial charge < -0.3 is 14.4 Å². The lowest BCUT2D eigenvalue weighted by molar-refractivity contribution is -0.132. The molecule has 0 N–H and O–H groups in total. The molecule has 1 atom stereocenters. The van der Waals surface area contributed by atoms with Gasteiger partial charge in [0.2, 0.25) is 5.91 Å². The molecular formula is C19H27N5O. The Bertz CT molecular complexity index is 724. The number of aryl methyl sites for hydroxylation is 2. The summed E-state index contributed by atoms with van der Waals surface area (Å²) < 4.78 is 2.08. The van der Waals surface area contributed by atoms with E-state index in [1.54, 1.807) is 0 Å². The van der Waals surface area contributed by atoms with Gasteiger partial charge in [0.05, 0.1) is 6.04 Å². The molecule has 25 heavy (non-hydrogen) atoms. The summed E-state index contributed by atoms with van der Waals surface area (Å²) in [6.07, 6.45) is 9.09. The summed E-state index contributed by atoms with van der Waals surface area (Å²) in [4.78, 5) is 25.6. The molecule has 6 heteroatoms. The van der Waals surface area contributed by atoms with E-state index in [2.05, 4.69) is 27.5 Å². The fourth-order valence-electron chi connectivity index (χ4n) is 3.52. The summed E-state index contributed by atoms with van der Waals surface area (Å²) in [5.74, 6) is 2.19. The van der Waals surface area contributed by atoms with E-state index in [9.17, 15) is 4.79 Å². The molecule has 1 saturated heterocycles. The molecule has 1 amide bonds. The fraction of sp³-hybridized carbons (Fsp3) is 0.526. The zero-order valence-electron chi connectivity index (χ0n) is 15.4. The molecule has 0 bridgehead atoms. The van der Waals surface area contributed by atoms with Crippen molar-refractivity contribution in [2.45, 2.75) is 45.2 Å². The van der Waals surface area contributed by atoms with E-state index in [1.807, 2.05) is 48.6 Å². The molecule has 134 valence electrons. The number of imidazole rings is 1. The molecule has 0 unspecified atom stereocenters. The van der Waals surface area contributed by atoms with Crippen LogP contribution in [0, 0.1) is 0 Å². The Labute approximate surface area is 149 Å². The number of rotatable bonds is 6. The topological polar surface area (TPSA) is 54.3 Å². The highest BCUT2D eigenvalue weighted by Crippen LogP contribution is 2.33. The first kappa shape index (κ1) is 17.5. The third-order valence-corrected chi connectivity index (χ3v) is 4.87. The molecule has 2 aromatic rings. The molecule has 3 heterocycles. The second-order valence-electron chi connectivity index (χ2n) is 6.73. The average molecular weight is 341 g/mol. The van der Waals surface area contributed by atoms with Gasteiger partial charge >= 0.3 is 0 Å². The van der Waals surface area contributed by atoms with Gasteiger partial charge in [-0.05, 0) is 30.5 Å². The molecule has 1 aliphatic rings. The molecular weight excluding hydrogens is 314 g/mol. The first-order valence-electron chi connectivity index (χ1n) is 9.03. The number of aromatic nitrogens is 3. The number of hydrogen-bond donors (Lipinski definition) is 0. The molecule has 2 aromatic heterocycles. The number of nitrogens with zero attached hydrogens (tertiary/aromatic N) is 5. The predicted molar refractivity (Wildman–Crippen MR) is 98.5 cm³/mol. The standard InChI is InChI=1S/C19H27N5O/c1-4-17-21-10-13-23(17)12-8-19(25)24-11-5-6-16(24)15-7-9-20-18(14-15)22(2)3/h7,9-10,13-14,16H,4-6,8,11-12H2,1-3H3/t16-/m1/s1. The maximum Gasteiger partial charge on any atom is 0.224 e. The summed E-state index contributed by atoms with van der Waals surface area (Å²) in [6.45, 7) is 3.63. The number of carbonyl (C=O) groups excluding carboxylic acids is 1. The van der Waals surface area contributed by atoms with Gasteiger partial charge in [0.15, 0.2) is 0 Å². The van der Waals surface area contributed by atoms with E-state index >= 15 is 0 Å². The molecule has 3 rings (SSSR count). The van der Waals surface area contributed by atoms with Crippen LogP contribution in [0.2, 0.25) is 0 Å². The average Bonchev–Trinajstić information content (AvgIpc) is 3.28. The second-order valence-corrected chi connectivity index (χ2v) is 6.73. The van der Waals surface area contributed by atoms with E-state index in [1.165, 1.54) is 5.56 Å². The van der Waals surface area contributed by atoms with E-state index in [4.69, 9.17) is 0 Å². The monoisotopic (exact) mass is 341 g/mol. The van der Waals surface area contributed by atoms with Crippen LogP contribution in [0.5, 0.6) is 0 Å². The van der Waals surface area contributed by atoms with Gasteiger partial charge in [-0.1, -0.05) is 6.92 Å². The van der Waals surface area contributed by atoms with Crippen LogP contribution in [0.1, 0.15) is 43.6 Å². The number of pyridine rings is 1. The van der Waals surface area contributed by atoms with Crippen molar-refractivity contribution < 1.29 is 4.79 Å². The minimum Gasteiger partial charge on any atom is -0.363 e. The zero-order chi connectivity index (χ0) is 17.8. The molecule has 0 aliphatic carbocycles. The van der Waals surface area contributed by atoms with Gasteiger partial charge in [-0.2, -0.15) is 0 Å². The van der Waals surface area contributed by atoms with Crippen molar-refractivity contribution in [1.82, 2.24) is 19.4 Å². The third-order valence-electron chi connectivity index (χ3n) is 4.87. The highest BCUT2D eigenvalue weighted by atomic mass is 16.2. The van der Waals surface area contributed by atoms with Crippen LogP contribution in [0.3, 0.4) is 0 Å². The Balaban J connectivity index is 1.68. The highest BCUT2D eigenvalue weighted by Gasteiger charge is 2.30. The van der Waals surface area contributed by atoms with Crippen molar-refractivity contribution in [3.05, 3.63) is 42.1 Å². The van der Waals surface area contributed by atoms with Crippen molar-refractivity contribution in [3.8, 4) is 0 Å². The van der Waals surface area contributed by atoms with Gasteiger partial charge in [-0.3, -0.25) is 4.79 Å². The molecule has 0 saturated carbocycles.